The Kier molecular flexibility index (Phi) is 5.40. The van der Waals surface area contributed by atoms with Gasteiger partial charge in [-0.1, -0.05) is 78.3 Å². The van der Waals surface area contributed by atoms with Gasteiger partial charge >= 0.3 is 0 Å². The second-order valence-electron chi connectivity index (χ2n) is 5.70. The van der Waals surface area contributed by atoms with Gasteiger partial charge < -0.3 is 0 Å². The van der Waals surface area contributed by atoms with Crippen molar-refractivity contribution in [3.8, 4) is 0 Å². The van der Waals surface area contributed by atoms with Gasteiger partial charge in [-0.05, 0) is 17.7 Å². The lowest BCUT2D eigenvalue weighted by Gasteiger charge is -2.13. The minimum Gasteiger partial charge on any atom is -0.288 e. The fourth-order valence-corrected chi connectivity index (χ4v) is 4.04. The molecule has 26 heavy (non-hydrogen) atoms. The molecule has 4 nitrogen and oxygen atoms in total. The average molecular weight is 386 g/mol. The van der Waals surface area contributed by atoms with Crippen LogP contribution in [0.15, 0.2) is 78.9 Å². The summed E-state index contributed by atoms with van der Waals surface area (Å²) in [5, 5.41) is 0.193. The molecule has 0 fully saturated rings. The van der Waals surface area contributed by atoms with Crippen LogP contribution in [0.1, 0.15) is 21.5 Å². The highest BCUT2D eigenvalue weighted by molar-refractivity contribution is 7.91. The van der Waals surface area contributed by atoms with Crippen molar-refractivity contribution in [1.82, 2.24) is 0 Å². The lowest BCUT2D eigenvalue weighted by atomic mass is 10.0. The average Bonchev–Trinajstić information content (AvgIpc) is 2.62. The van der Waals surface area contributed by atoms with Crippen LogP contribution in [-0.4, -0.2) is 14.2 Å². The van der Waals surface area contributed by atoms with Crippen molar-refractivity contribution < 1.29 is 13.2 Å². The van der Waals surface area contributed by atoms with Gasteiger partial charge in [-0.25, -0.2) is 8.42 Å². The Labute approximate surface area is 157 Å². The van der Waals surface area contributed by atoms with E-state index >= 15 is 0 Å². The number of carbonyl (C=O) groups is 1. The largest absolute Gasteiger partial charge is 0.288 e. The molecule has 0 aliphatic rings. The second-order valence-corrected chi connectivity index (χ2v) is 7.83. The molecule has 6 heteroatoms. The third-order valence-corrected chi connectivity index (χ3v) is 5.30. The van der Waals surface area contributed by atoms with Crippen LogP contribution in [0.2, 0.25) is 5.02 Å². The molecular weight excluding hydrogens is 370 g/mol. The molecule has 0 atom stereocenters. The van der Waals surface area contributed by atoms with Crippen molar-refractivity contribution in [2.45, 2.75) is 5.75 Å². The minimum atomic E-state index is -3.70. The zero-order valence-corrected chi connectivity index (χ0v) is 15.3. The van der Waals surface area contributed by atoms with E-state index in [9.17, 15) is 13.2 Å². The maximum Gasteiger partial charge on any atom is 0.236 e. The van der Waals surface area contributed by atoms with Crippen LogP contribution in [0.25, 0.3) is 0 Å². The molecule has 3 aromatic rings. The number of benzene rings is 3. The molecule has 0 saturated carbocycles. The van der Waals surface area contributed by atoms with Crippen LogP contribution in [0.3, 0.4) is 0 Å². The highest BCUT2D eigenvalue weighted by atomic mass is 35.5. The first-order valence-electron chi connectivity index (χ1n) is 7.89. The molecule has 1 N–H and O–H groups in total. The number of nitrogens with one attached hydrogen (secondary N) is 1. The van der Waals surface area contributed by atoms with E-state index in [-0.39, 0.29) is 27.8 Å². The first-order valence-corrected chi connectivity index (χ1v) is 9.92. The maximum absolute atomic E-state index is 12.8. The number of halogens is 1. The molecule has 0 aromatic heterocycles. The molecule has 0 aliphatic carbocycles. The van der Waals surface area contributed by atoms with Crippen molar-refractivity contribution in [1.29, 1.82) is 0 Å². The summed E-state index contributed by atoms with van der Waals surface area (Å²) in [5.41, 5.74) is 1.39. The van der Waals surface area contributed by atoms with E-state index in [4.69, 9.17) is 11.6 Å². The molecule has 0 heterocycles. The normalized spacial score (nSPS) is 11.1. The van der Waals surface area contributed by atoms with Crippen molar-refractivity contribution in [3.63, 3.8) is 0 Å². The molecule has 3 aromatic carbocycles. The summed E-state index contributed by atoms with van der Waals surface area (Å²) < 4.78 is 27.5. The highest BCUT2D eigenvalue weighted by Crippen LogP contribution is 2.28. The molecule has 132 valence electrons. The van der Waals surface area contributed by atoms with Crippen LogP contribution < -0.4 is 4.72 Å². The molecule has 0 spiro atoms. The predicted molar refractivity (Wildman–Crippen MR) is 104 cm³/mol. The van der Waals surface area contributed by atoms with E-state index in [0.29, 0.717) is 11.1 Å². The number of sulfonamides is 1. The zero-order valence-electron chi connectivity index (χ0n) is 13.7. The number of ketones is 1. The SMILES string of the molecule is O=C(c1ccccc1)c1c(Cl)cccc1NS(=O)(=O)Cc1ccccc1. The number of hydrogen-bond donors (Lipinski definition) is 1. The summed E-state index contributed by atoms with van der Waals surface area (Å²) in [6.07, 6.45) is 0. The second kappa shape index (κ2) is 7.72. The quantitative estimate of drug-likeness (QED) is 0.635. The van der Waals surface area contributed by atoms with E-state index in [1.54, 1.807) is 66.7 Å². The Balaban J connectivity index is 1.94. The Hall–Kier alpha value is -2.63. The van der Waals surface area contributed by atoms with Crippen LogP contribution in [-0.2, 0) is 15.8 Å². The van der Waals surface area contributed by atoms with Gasteiger partial charge in [-0.15, -0.1) is 0 Å². The van der Waals surface area contributed by atoms with E-state index in [1.165, 1.54) is 6.07 Å². The van der Waals surface area contributed by atoms with E-state index in [2.05, 4.69) is 4.72 Å². The molecular formula is C20H16ClNO3S. The lowest BCUT2D eigenvalue weighted by molar-refractivity contribution is 0.103. The summed E-state index contributed by atoms with van der Waals surface area (Å²) in [6.45, 7) is 0. The van der Waals surface area contributed by atoms with Gasteiger partial charge in [0.15, 0.2) is 5.78 Å². The Morgan fingerprint density at radius 2 is 1.46 bits per heavy atom. The first kappa shape index (κ1) is 18.2. The molecule has 3 rings (SSSR count). The summed E-state index contributed by atoms with van der Waals surface area (Å²) >= 11 is 6.21. The fraction of sp³-hybridized carbons (Fsp3) is 0.0500. The van der Waals surface area contributed by atoms with Gasteiger partial charge in [-0.2, -0.15) is 0 Å². The smallest absolute Gasteiger partial charge is 0.236 e. The lowest BCUT2D eigenvalue weighted by Crippen LogP contribution is -2.17. The van der Waals surface area contributed by atoms with Crippen LogP contribution >= 0.6 is 11.6 Å². The van der Waals surface area contributed by atoms with Gasteiger partial charge in [0.1, 0.15) is 0 Å². The topological polar surface area (TPSA) is 63.2 Å². The van der Waals surface area contributed by atoms with E-state index in [1.807, 2.05) is 6.07 Å². The summed E-state index contributed by atoms with van der Waals surface area (Å²) in [6, 6.07) is 22.1. The van der Waals surface area contributed by atoms with Crippen molar-refractivity contribution in [3.05, 3.63) is 101 Å². The van der Waals surface area contributed by atoms with Gasteiger partial charge in [0.2, 0.25) is 10.0 Å². The number of carbonyl (C=O) groups excluding carboxylic acids is 1. The predicted octanol–water partition coefficient (Wildman–Crippen LogP) is 4.51. The Morgan fingerprint density at radius 3 is 2.12 bits per heavy atom. The Morgan fingerprint density at radius 1 is 0.846 bits per heavy atom. The zero-order chi connectivity index (χ0) is 18.6. The number of anilines is 1. The van der Waals surface area contributed by atoms with E-state index in [0.717, 1.165) is 0 Å². The highest BCUT2D eigenvalue weighted by Gasteiger charge is 2.21. The molecule has 0 aliphatic heterocycles. The van der Waals surface area contributed by atoms with Gasteiger partial charge in [0.25, 0.3) is 0 Å². The number of hydrogen-bond acceptors (Lipinski definition) is 3. The first-order chi connectivity index (χ1) is 12.5. The van der Waals surface area contributed by atoms with E-state index < -0.39 is 10.0 Å². The standard InChI is InChI=1S/C20H16ClNO3S/c21-17-12-7-13-18(19(17)20(23)16-10-5-2-6-11-16)22-26(24,25)14-15-8-3-1-4-9-15/h1-13,22H,14H2. The van der Waals surface area contributed by atoms with Crippen LogP contribution in [0, 0.1) is 0 Å². The third kappa shape index (κ3) is 4.31. The molecule has 0 bridgehead atoms. The monoisotopic (exact) mass is 385 g/mol. The van der Waals surface area contributed by atoms with Gasteiger partial charge in [0, 0.05) is 5.56 Å². The van der Waals surface area contributed by atoms with Crippen molar-refractivity contribution >= 4 is 33.1 Å². The minimum absolute atomic E-state index is 0.136. The van der Waals surface area contributed by atoms with Crippen LogP contribution in [0.5, 0.6) is 0 Å². The molecule has 0 unspecified atom stereocenters. The molecule has 0 radical (unpaired) electrons. The number of rotatable bonds is 6. The van der Waals surface area contributed by atoms with Crippen molar-refractivity contribution in [2.75, 3.05) is 4.72 Å². The van der Waals surface area contributed by atoms with Gasteiger partial charge in [0.05, 0.1) is 22.0 Å². The van der Waals surface area contributed by atoms with Crippen LogP contribution in [0.4, 0.5) is 5.69 Å². The summed E-state index contributed by atoms with van der Waals surface area (Å²) in [5.74, 6) is -0.534. The third-order valence-electron chi connectivity index (χ3n) is 3.74. The van der Waals surface area contributed by atoms with Gasteiger partial charge in [-0.3, -0.25) is 9.52 Å². The Bertz CT molecular complexity index is 1020. The maximum atomic E-state index is 12.8. The molecule has 0 saturated heterocycles. The van der Waals surface area contributed by atoms with Crippen molar-refractivity contribution in [2.24, 2.45) is 0 Å². The summed E-state index contributed by atoms with van der Waals surface area (Å²) in [4.78, 5) is 12.8. The molecule has 0 amide bonds. The fourth-order valence-electron chi connectivity index (χ4n) is 2.57. The summed E-state index contributed by atoms with van der Waals surface area (Å²) in [7, 11) is -3.70.